The Kier molecular flexibility index (Phi) is 5.52. The average molecular weight is 429 g/mol. The fourth-order valence-electron chi connectivity index (χ4n) is 3.41. The molecule has 0 spiro atoms. The van der Waals surface area contributed by atoms with Crippen LogP contribution in [0.3, 0.4) is 0 Å². The molecule has 3 aromatic rings. The van der Waals surface area contributed by atoms with Gasteiger partial charge in [0.15, 0.2) is 5.69 Å². The van der Waals surface area contributed by atoms with Crippen LogP contribution in [0.1, 0.15) is 18.2 Å². The minimum absolute atomic E-state index is 0.113. The van der Waals surface area contributed by atoms with E-state index >= 15 is 0 Å². The predicted molar refractivity (Wildman–Crippen MR) is 113 cm³/mol. The number of anilines is 1. The number of sulfonamides is 1. The highest BCUT2D eigenvalue weighted by molar-refractivity contribution is 7.89. The van der Waals surface area contributed by atoms with Crippen LogP contribution in [0.2, 0.25) is 0 Å². The maximum Gasteiger partial charge on any atom is 0.268 e. The lowest BCUT2D eigenvalue weighted by atomic mass is 10.1. The molecule has 10 heteroatoms. The van der Waals surface area contributed by atoms with Crippen LogP contribution < -0.4 is 4.90 Å². The summed E-state index contributed by atoms with van der Waals surface area (Å²) in [6.07, 6.45) is 1.70. The van der Waals surface area contributed by atoms with Gasteiger partial charge in [0.1, 0.15) is 5.82 Å². The number of aromatic nitrogens is 4. The van der Waals surface area contributed by atoms with E-state index in [9.17, 15) is 8.42 Å². The van der Waals surface area contributed by atoms with Gasteiger partial charge in [-0.2, -0.15) is 4.31 Å². The van der Waals surface area contributed by atoms with Crippen molar-refractivity contribution in [1.29, 1.82) is 0 Å². The minimum atomic E-state index is -3.17. The van der Waals surface area contributed by atoms with Crippen LogP contribution in [-0.2, 0) is 10.0 Å². The lowest BCUT2D eigenvalue weighted by Gasteiger charge is -2.34. The fourth-order valence-corrected chi connectivity index (χ4v) is 4.50. The quantitative estimate of drug-likeness (QED) is 0.609. The van der Waals surface area contributed by atoms with Crippen LogP contribution in [0.4, 0.5) is 5.82 Å². The van der Waals surface area contributed by atoms with Crippen LogP contribution >= 0.6 is 0 Å². The second-order valence-electron chi connectivity index (χ2n) is 7.18. The molecule has 0 amide bonds. The smallest absolute Gasteiger partial charge is 0.268 e. The van der Waals surface area contributed by atoms with Crippen LogP contribution in [-0.4, -0.2) is 64.8 Å². The third kappa shape index (κ3) is 3.92. The van der Waals surface area contributed by atoms with E-state index in [2.05, 4.69) is 15.2 Å². The van der Waals surface area contributed by atoms with Gasteiger partial charge >= 0.3 is 0 Å². The molecule has 1 saturated heterocycles. The van der Waals surface area contributed by atoms with E-state index in [-0.39, 0.29) is 5.75 Å². The lowest BCUT2D eigenvalue weighted by molar-refractivity contribution is 0.384. The summed E-state index contributed by atoms with van der Waals surface area (Å²) >= 11 is 0. The molecule has 0 bridgehead atoms. The summed E-state index contributed by atoms with van der Waals surface area (Å²) in [6.45, 7) is 7.45. The monoisotopic (exact) mass is 428 g/mol. The first kappa shape index (κ1) is 20.4. The molecule has 0 aliphatic carbocycles. The van der Waals surface area contributed by atoms with E-state index in [1.807, 2.05) is 43.0 Å². The topological polar surface area (TPSA) is 105 Å². The second kappa shape index (κ2) is 8.11. The summed E-state index contributed by atoms with van der Waals surface area (Å²) < 4.78 is 31.6. The molecule has 0 unspecified atom stereocenters. The summed E-state index contributed by atoms with van der Waals surface area (Å²) in [5, 5.41) is 8.36. The molecule has 158 valence electrons. The van der Waals surface area contributed by atoms with Gasteiger partial charge in [0.05, 0.1) is 17.6 Å². The van der Waals surface area contributed by atoms with E-state index in [0.717, 1.165) is 11.1 Å². The highest BCUT2D eigenvalue weighted by atomic mass is 32.2. The molecule has 2 aromatic heterocycles. The van der Waals surface area contributed by atoms with E-state index in [0.29, 0.717) is 55.2 Å². The normalized spacial score (nSPS) is 15.5. The van der Waals surface area contributed by atoms with Crippen molar-refractivity contribution in [1.82, 2.24) is 24.5 Å². The minimum Gasteiger partial charge on any atom is -0.415 e. The molecule has 9 nitrogen and oxygen atoms in total. The predicted octanol–water partition coefficient (Wildman–Crippen LogP) is 2.28. The van der Waals surface area contributed by atoms with Crippen molar-refractivity contribution < 1.29 is 12.8 Å². The molecule has 30 heavy (non-hydrogen) atoms. The van der Waals surface area contributed by atoms with E-state index < -0.39 is 10.0 Å². The van der Waals surface area contributed by atoms with Gasteiger partial charge in [0.25, 0.3) is 5.89 Å². The first-order chi connectivity index (χ1) is 14.4. The first-order valence-electron chi connectivity index (χ1n) is 9.85. The van der Waals surface area contributed by atoms with Crippen LogP contribution in [0.15, 0.2) is 34.9 Å². The summed E-state index contributed by atoms with van der Waals surface area (Å²) in [4.78, 5) is 11.2. The zero-order valence-electron chi connectivity index (χ0n) is 17.2. The van der Waals surface area contributed by atoms with E-state index in [1.54, 1.807) is 13.1 Å². The van der Waals surface area contributed by atoms with Crippen molar-refractivity contribution >= 4 is 15.8 Å². The fraction of sp³-hybridized carbons (Fsp3) is 0.400. The van der Waals surface area contributed by atoms with Gasteiger partial charge in [-0.05, 0) is 32.4 Å². The highest BCUT2D eigenvalue weighted by Crippen LogP contribution is 2.27. The molecule has 1 aliphatic rings. The van der Waals surface area contributed by atoms with Crippen molar-refractivity contribution in [3.63, 3.8) is 0 Å². The Hall–Kier alpha value is -2.85. The molecule has 1 aromatic carbocycles. The standard InChI is InChI=1S/C20H24N6O3S/c1-4-30(27,28)26-11-9-25(10-12-26)17-13-21-15(3)18(22-17)20-24-23-19(29-20)16-8-6-5-7-14(16)2/h5-8,13H,4,9-12H2,1-3H3. The number of rotatable bonds is 5. The SMILES string of the molecule is CCS(=O)(=O)N1CCN(c2cnc(C)c(-c3nnc(-c4ccccc4C)o3)n2)CC1. The number of benzene rings is 1. The molecule has 3 heterocycles. The summed E-state index contributed by atoms with van der Waals surface area (Å²) in [5.74, 6) is 1.53. The van der Waals surface area contributed by atoms with Gasteiger partial charge in [0, 0.05) is 31.7 Å². The Balaban J connectivity index is 1.57. The van der Waals surface area contributed by atoms with Gasteiger partial charge in [0.2, 0.25) is 15.9 Å². The Morgan fingerprint density at radius 2 is 1.73 bits per heavy atom. The molecular formula is C20H24N6O3S. The Bertz CT molecular complexity index is 1150. The van der Waals surface area contributed by atoms with E-state index in [4.69, 9.17) is 9.40 Å². The van der Waals surface area contributed by atoms with Gasteiger partial charge in [-0.1, -0.05) is 18.2 Å². The molecule has 1 aliphatic heterocycles. The Labute approximate surface area is 175 Å². The first-order valence-corrected chi connectivity index (χ1v) is 11.5. The number of hydrogen-bond acceptors (Lipinski definition) is 8. The Morgan fingerprint density at radius 3 is 2.43 bits per heavy atom. The van der Waals surface area contributed by atoms with Gasteiger partial charge in [-0.15, -0.1) is 10.2 Å². The second-order valence-corrected chi connectivity index (χ2v) is 9.43. The van der Waals surface area contributed by atoms with Crippen molar-refractivity contribution in [2.45, 2.75) is 20.8 Å². The van der Waals surface area contributed by atoms with Crippen LogP contribution in [0.25, 0.3) is 23.0 Å². The van der Waals surface area contributed by atoms with Gasteiger partial charge < -0.3 is 9.32 Å². The maximum absolute atomic E-state index is 12.1. The summed E-state index contributed by atoms with van der Waals surface area (Å²) in [5.41, 5.74) is 3.14. The maximum atomic E-state index is 12.1. The third-order valence-corrected chi connectivity index (χ3v) is 7.15. The third-order valence-electron chi connectivity index (χ3n) is 5.27. The van der Waals surface area contributed by atoms with E-state index in [1.165, 1.54) is 4.31 Å². The summed E-state index contributed by atoms with van der Waals surface area (Å²) in [7, 11) is -3.17. The van der Waals surface area contributed by atoms with Crippen molar-refractivity contribution in [3.05, 3.63) is 41.7 Å². The van der Waals surface area contributed by atoms with Crippen molar-refractivity contribution in [3.8, 4) is 23.0 Å². The lowest BCUT2D eigenvalue weighted by Crippen LogP contribution is -2.49. The van der Waals surface area contributed by atoms with Crippen molar-refractivity contribution in [2.24, 2.45) is 0 Å². The van der Waals surface area contributed by atoms with Gasteiger partial charge in [-0.25, -0.2) is 13.4 Å². The molecular weight excluding hydrogens is 404 g/mol. The Morgan fingerprint density at radius 1 is 1.03 bits per heavy atom. The number of nitrogens with zero attached hydrogens (tertiary/aromatic N) is 6. The zero-order valence-corrected chi connectivity index (χ0v) is 18.1. The van der Waals surface area contributed by atoms with Crippen LogP contribution in [0, 0.1) is 13.8 Å². The largest absolute Gasteiger partial charge is 0.415 e. The number of hydrogen-bond donors (Lipinski definition) is 0. The number of piperazine rings is 1. The molecule has 0 N–H and O–H groups in total. The molecule has 0 saturated carbocycles. The highest BCUT2D eigenvalue weighted by Gasteiger charge is 2.27. The molecule has 0 atom stereocenters. The number of aryl methyl sites for hydroxylation is 2. The molecule has 4 rings (SSSR count). The molecule has 1 fully saturated rings. The van der Waals surface area contributed by atoms with Gasteiger partial charge in [-0.3, -0.25) is 4.98 Å². The average Bonchev–Trinajstić information content (AvgIpc) is 3.24. The van der Waals surface area contributed by atoms with Crippen molar-refractivity contribution in [2.75, 3.05) is 36.8 Å². The molecule has 0 radical (unpaired) electrons. The zero-order chi connectivity index (χ0) is 21.3. The summed E-state index contributed by atoms with van der Waals surface area (Å²) in [6, 6.07) is 7.81. The van der Waals surface area contributed by atoms with Crippen LogP contribution in [0.5, 0.6) is 0 Å².